The van der Waals surface area contributed by atoms with Crippen molar-refractivity contribution >= 4 is 5.97 Å². The monoisotopic (exact) mass is 260 g/mol. The fourth-order valence-electron chi connectivity index (χ4n) is 1.71. The van der Waals surface area contributed by atoms with Gasteiger partial charge < -0.3 is 14.2 Å². The van der Waals surface area contributed by atoms with E-state index in [-0.39, 0.29) is 6.79 Å². The topological polar surface area (TPSA) is 44.8 Å². The molecule has 0 N–H and O–H groups in total. The molecule has 0 amide bonds. The highest BCUT2D eigenvalue weighted by Crippen LogP contribution is 2.19. The highest BCUT2D eigenvalue weighted by atomic mass is 16.7. The van der Waals surface area contributed by atoms with E-state index in [9.17, 15) is 4.79 Å². The Kier molecular flexibility index (Phi) is 4.61. The minimum Gasteiger partial charge on any atom is -0.462 e. The molecule has 0 fully saturated rings. The molecule has 4 nitrogen and oxygen atoms in total. The molecular formula is C15H16O4. The van der Waals surface area contributed by atoms with Crippen molar-refractivity contribution in [3.8, 4) is 0 Å². The van der Waals surface area contributed by atoms with Gasteiger partial charge in [-0.2, -0.15) is 0 Å². The van der Waals surface area contributed by atoms with Crippen molar-refractivity contribution in [2.24, 2.45) is 0 Å². The molecule has 0 spiro atoms. The molecule has 1 aromatic rings. The molecule has 0 atom stereocenters. The van der Waals surface area contributed by atoms with Crippen LogP contribution in [0.15, 0.2) is 54.0 Å². The van der Waals surface area contributed by atoms with Gasteiger partial charge in [0.15, 0.2) is 5.76 Å². The predicted octanol–water partition coefficient (Wildman–Crippen LogP) is 2.56. The highest BCUT2D eigenvalue weighted by molar-refractivity contribution is 5.92. The van der Waals surface area contributed by atoms with Crippen molar-refractivity contribution in [1.29, 1.82) is 0 Å². The van der Waals surface area contributed by atoms with E-state index < -0.39 is 5.97 Å². The lowest BCUT2D eigenvalue weighted by atomic mass is 10.1. The summed E-state index contributed by atoms with van der Waals surface area (Å²) in [5, 5.41) is 0. The Balaban J connectivity index is 2.14. The first kappa shape index (κ1) is 13.2. The number of carbonyl (C=O) groups excluding carboxylic acids is 1. The van der Waals surface area contributed by atoms with E-state index in [2.05, 4.69) is 0 Å². The molecule has 1 aromatic carbocycles. The van der Waals surface area contributed by atoms with Gasteiger partial charge in [0.1, 0.15) is 11.8 Å². The van der Waals surface area contributed by atoms with Crippen molar-refractivity contribution in [1.82, 2.24) is 0 Å². The fraction of sp³-hybridized carbons (Fsp3) is 0.267. The second-order valence-corrected chi connectivity index (χ2v) is 3.94. The minimum absolute atomic E-state index is 0.136. The molecule has 0 aliphatic carbocycles. The molecule has 100 valence electrons. The third-order valence-corrected chi connectivity index (χ3v) is 2.62. The van der Waals surface area contributed by atoms with Crippen molar-refractivity contribution < 1.29 is 19.0 Å². The van der Waals surface area contributed by atoms with Crippen LogP contribution in [0.2, 0.25) is 0 Å². The number of allylic oxidation sites excluding steroid dienone is 1. The Hall–Kier alpha value is -2.23. The van der Waals surface area contributed by atoms with E-state index in [0.29, 0.717) is 24.4 Å². The summed E-state index contributed by atoms with van der Waals surface area (Å²) in [4.78, 5) is 11.9. The molecule has 4 heteroatoms. The van der Waals surface area contributed by atoms with Gasteiger partial charge in [-0.25, -0.2) is 4.79 Å². The molecule has 0 saturated heterocycles. The summed E-state index contributed by atoms with van der Waals surface area (Å²) in [5.74, 6) is 0.0320. The van der Waals surface area contributed by atoms with Crippen molar-refractivity contribution in [2.45, 2.75) is 13.3 Å². The van der Waals surface area contributed by atoms with Crippen molar-refractivity contribution in [3.63, 3.8) is 0 Å². The van der Waals surface area contributed by atoms with Crippen molar-refractivity contribution in [2.75, 3.05) is 13.4 Å². The van der Waals surface area contributed by atoms with E-state index in [4.69, 9.17) is 14.2 Å². The summed E-state index contributed by atoms with van der Waals surface area (Å²) in [7, 11) is 0. The van der Waals surface area contributed by atoms with Gasteiger partial charge in [-0.05, 0) is 18.9 Å². The molecule has 2 rings (SSSR count). The predicted molar refractivity (Wildman–Crippen MR) is 70.0 cm³/mol. The van der Waals surface area contributed by atoms with Gasteiger partial charge in [-0.15, -0.1) is 0 Å². The lowest BCUT2D eigenvalue weighted by Gasteiger charge is -2.07. The number of carbonyl (C=O) groups is 1. The molecule has 1 aliphatic heterocycles. The van der Waals surface area contributed by atoms with Crippen molar-refractivity contribution in [3.05, 3.63) is 59.6 Å². The number of hydrogen-bond donors (Lipinski definition) is 0. The maximum atomic E-state index is 11.9. The summed E-state index contributed by atoms with van der Waals surface area (Å²) in [5.41, 5.74) is 1.52. The molecule has 0 bridgehead atoms. The van der Waals surface area contributed by atoms with Crippen LogP contribution in [0.25, 0.3) is 0 Å². The average molecular weight is 260 g/mol. The summed E-state index contributed by atoms with van der Waals surface area (Å²) in [6, 6.07) is 9.87. The van der Waals surface area contributed by atoms with Gasteiger partial charge in [0.2, 0.25) is 6.79 Å². The van der Waals surface area contributed by atoms with Gasteiger partial charge in [0, 0.05) is 0 Å². The van der Waals surface area contributed by atoms with Gasteiger partial charge in [0.05, 0.1) is 6.61 Å². The minimum atomic E-state index is -0.393. The van der Waals surface area contributed by atoms with E-state index in [1.165, 1.54) is 6.26 Å². The zero-order valence-electron chi connectivity index (χ0n) is 10.8. The largest absolute Gasteiger partial charge is 0.462 e. The molecule has 0 unspecified atom stereocenters. The Morgan fingerprint density at radius 3 is 2.79 bits per heavy atom. The summed E-state index contributed by atoms with van der Waals surface area (Å²) >= 11 is 0. The van der Waals surface area contributed by atoms with Crippen LogP contribution < -0.4 is 0 Å². The van der Waals surface area contributed by atoms with Gasteiger partial charge in [-0.1, -0.05) is 36.4 Å². The van der Waals surface area contributed by atoms with E-state index >= 15 is 0 Å². The second-order valence-electron chi connectivity index (χ2n) is 3.94. The average Bonchev–Trinajstić information content (AvgIpc) is 2.94. The number of hydrogen-bond acceptors (Lipinski definition) is 4. The Morgan fingerprint density at radius 1 is 1.37 bits per heavy atom. The molecule has 0 radical (unpaired) electrons. The van der Waals surface area contributed by atoms with Crippen LogP contribution in [-0.4, -0.2) is 19.4 Å². The summed E-state index contributed by atoms with van der Waals surface area (Å²) < 4.78 is 15.2. The maximum Gasteiger partial charge on any atom is 0.341 e. The first-order valence-corrected chi connectivity index (χ1v) is 6.17. The van der Waals surface area contributed by atoms with Crippen LogP contribution in [0.4, 0.5) is 0 Å². The zero-order valence-corrected chi connectivity index (χ0v) is 10.8. The Bertz CT molecular complexity index is 488. The van der Waals surface area contributed by atoms with Crippen LogP contribution in [0.5, 0.6) is 0 Å². The number of rotatable bonds is 5. The van der Waals surface area contributed by atoms with Crippen LogP contribution in [-0.2, 0) is 25.4 Å². The molecule has 1 aliphatic rings. The fourth-order valence-corrected chi connectivity index (χ4v) is 1.71. The maximum absolute atomic E-state index is 11.9. The molecule has 0 saturated carbocycles. The molecular weight excluding hydrogens is 244 g/mol. The quantitative estimate of drug-likeness (QED) is 0.603. The first-order valence-electron chi connectivity index (χ1n) is 6.17. The Morgan fingerprint density at radius 2 is 2.16 bits per heavy atom. The van der Waals surface area contributed by atoms with Crippen LogP contribution in [0.3, 0.4) is 0 Å². The SMILES string of the molecule is CCOC(=O)C(=CCc1ccccc1)C1=COCO1. The number of esters is 1. The third-order valence-electron chi connectivity index (χ3n) is 2.62. The normalized spacial score (nSPS) is 14.4. The standard InChI is InChI=1S/C15H16O4/c1-2-18-15(16)13(14-10-17-11-19-14)9-8-12-6-4-3-5-7-12/h3-7,9-10H,2,8,11H2,1H3. The zero-order chi connectivity index (χ0) is 13.5. The van der Waals surface area contributed by atoms with Crippen LogP contribution in [0.1, 0.15) is 12.5 Å². The molecule has 0 aromatic heterocycles. The van der Waals surface area contributed by atoms with Crippen LogP contribution in [0, 0.1) is 0 Å². The summed E-state index contributed by atoms with van der Waals surface area (Å²) in [6.45, 7) is 2.24. The first-order chi connectivity index (χ1) is 9.31. The van der Waals surface area contributed by atoms with Crippen LogP contribution >= 0.6 is 0 Å². The van der Waals surface area contributed by atoms with E-state index in [0.717, 1.165) is 5.56 Å². The second kappa shape index (κ2) is 6.64. The van der Waals surface area contributed by atoms with Gasteiger partial charge in [-0.3, -0.25) is 0 Å². The molecule has 1 heterocycles. The summed E-state index contributed by atoms with van der Waals surface area (Å²) in [6.07, 6.45) is 3.87. The van der Waals surface area contributed by atoms with Gasteiger partial charge in [0.25, 0.3) is 0 Å². The van der Waals surface area contributed by atoms with E-state index in [1.54, 1.807) is 13.0 Å². The highest BCUT2D eigenvalue weighted by Gasteiger charge is 2.20. The molecule has 19 heavy (non-hydrogen) atoms. The lowest BCUT2D eigenvalue weighted by molar-refractivity contribution is -0.138. The third kappa shape index (κ3) is 3.61. The van der Waals surface area contributed by atoms with Gasteiger partial charge >= 0.3 is 5.97 Å². The number of benzene rings is 1. The number of ether oxygens (including phenoxy) is 3. The lowest BCUT2D eigenvalue weighted by Crippen LogP contribution is -2.10. The Labute approximate surface area is 112 Å². The smallest absolute Gasteiger partial charge is 0.341 e. The van der Waals surface area contributed by atoms with E-state index in [1.807, 2.05) is 30.3 Å².